The van der Waals surface area contributed by atoms with E-state index in [4.69, 9.17) is 10.7 Å². The number of hydrogen-bond donors (Lipinski definition) is 1. The minimum Gasteiger partial charge on any atom is -0.330 e. The van der Waals surface area contributed by atoms with Gasteiger partial charge in [0.1, 0.15) is 11.3 Å². The molecule has 2 N–H and O–H groups in total. The molecule has 186 valence electrons. The number of carbonyl (C=O) groups is 1. The molecule has 2 aromatic heterocycles. The number of aromatic nitrogens is 4. The molecule has 0 spiro atoms. The summed E-state index contributed by atoms with van der Waals surface area (Å²) in [6, 6.07) is 18.5. The topological polar surface area (TPSA) is 107 Å². The van der Waals surface area contributed by atoms with E-state index in [9.17, 15) is 9.59 Å². The van der Waals surface area contributed by atoms with E-state index in [0.717, 1.165) is 11.1 Å². The Labute approximate surface area is 210 Å². The Balaban J connectivity index is 1.91. The van der Waals surface area contributed by atoms with Crippen molar-refractivity contribution in [3.8, 4) is 0 Å². The third-order valence-corrected chi connectivity index (χ3v) is 6.24. The molecular weight excluding hydrogens is 452 g/mol. The molecule has 0 saturated heterocycles. The Morgan fingerprint density at radius 2 is 1.78 bits per heavy atom. The normalized spacial score (nSPS) is 12.1. The molecule has 0 radical (unpaired) electrons. The molecule has 0 aliphatic heterocycles. The SMILES string of the molecule is Cc1ccc(C(=O)N(CCCN)C(c2nc3ccnnc3c(=O)n2Cc2ccccc2)C(C)C)cc1. The van der Waals surface area contributed by atoms with E-state index in [-0.39, 0.29) is 22.9 Å². The predicted octanol–water partition coefficient (Wildman–Crippen LogP) is 3.73. The summed E-state index contributed by atoms with van der Waals surface area (Å²) in [4.78, 5) is 34.3. The van der Waals surface area contributed by atoms with Crippen molar-refractivity contribution >= 4 is 16.9 Å². The number of nitrogens with two attached hydrogens (primary N) is 1. The van der Waals surface area contributed by atoms with Gasteiger partial charge in [-0.25, -0.2) is 4.98 Å². The van der Waals surface area contributed by atoms with E-state index in [0.29, 0.717) is 43.0 Å². The number of hydrogen-bond acceptors (Lipinski definition) is 6. The van der Waals surface area contributed by atoms with Gasteiger partial charge in [0.05, 0.1) is 18.8 Å². The number of amides is 1. The molecular formula is C28H32N6O2. The molecule has 1 unspecified atom stereocenters. The molecule has 8 heteroatoms. The molecule has 8 nitrogen and oxygen atoms in total. The van der Waals surface area contributed by atoms with Crippen molar-refractivity contribution in [3.05, 3.63) is 99.7 Å². The number of aryl methyl sites for hydroxylation is 1. The van der Waals surface area contributed by atoms with Gasteiger partial charge in [0.2, 0.25) is 0 Å². The maximum absolute atomic E-state index is 13.8. The molecule has 0 fully saturated rings. The summed E-state index contributed by atoms with van der Waals surface area (Å²) >= 11 is 0. The van der Waals surface area contributed by atoms with Crippen molar-refractivity contribution in [2.45, 2.75) is 39.8 Å². The van der Waals surface area contributed by atoms with E-state index in [2.05, 4.69) is 10.2 Å². The van der Waals surface area contributed by atoms with Crippen LogP contribution >= 0.6 is 0 Å². The number of fused-ring (bicyclic) bond motifs is 1. The van der Waals surface area contributed by atoms with Crippen molar-refractivity contribution in [1.29, 1.82) is 0 Å². The quantitative estimate of drug-likeness (QED) is 0.388. The van der Waals surface area contributed by atoms with Gasteiger partial charge in [-0.15, -0.1) is 5.10 Å². The lowest BCUT2D eigenvalue weighted by Crippen LogP contribution is -2.42. The van der Waals surface area contributed by atoms with E-state index in [1.165, 1.54) is 6.20 Å². The number of benzene rings is 2. The number of nitrogens with zero attached hydrogens (tertiary/aromatic N) is 5. The minimum atomic E-state index is -0.459. The molecule has 2 heterocycles. The van der Waals surface area contributed by atoms with Gasteiger partial charge in [-0.1, -0.05) is 61.9 Å². The molecule has 1 amide bonds. The third-order valence-electron chi connectivity index (χ3n) is 6.24. The molecule has 0 saturated carbocycles. The van der Waals surface area contributed by atoms with Crippen LogP contribution in [0.4, 0.5) is 0 Å². The first-order chi connectivity index (χ1) is 17.4. The Bertz CT molecular complexity index is 1380. The van der Waals surface area contributed by atoms with Crippen molar-refractivity contribution in [3.63, 3.8) is 0 Å². The molecule has 0 aliphatic carbocycles. The summed E-state index contributed by atoms with van der Waals surface area (Å²) in [5.74, 6) is 0.380. The van der Waals surface area contributed by atoms with E-state index in [1.54, 1.807) is 10.6 Å². The second kappa shape index (κ2) is 11.2. The third kappa shape index (κ3) is 5.33. The van der Waals surface area contributed by atoms with Crippen LogP contribution in [0, 0.1) is 12.8 Å². The lowest BCUT2D eigenvalue weighted by atomic mass is 9.98. The molecule has 2 aromatic carbocycles. The molecule has 4 rings (SSSR count). The molecule has 36 heavy (non-hydrogen) atoms. The van der Waals surface area contributed by atoms with Crippen LogP contribution in [0.5, 0.6) is 0 Å². The van der Waals surface area contributed by atoms with Gasteiger partial charge in [-0.2, -0.15) is 5.10 Å². The minimum absolute atomic E-state index is 0.0293. The summed E-state index contributed by atoms with van der Waals surface area (Å²) in [5, 5.41) is 7.97. The first kappa shape index (κ1) is 25.2. The molecule has 0 bridgehead atoms. The van der Waals surface area contributed by atoms with E-state index < -0.39 is 6.04 Å². The van der Waals surface area contributed by atoms with Crippen LogP contribution in [0.1, 0.15) is 53.6 Å². The highest BCUT2D eigenvalue weighted by molar-refractivity contribution is 5.94. The Kier molecular flexibility index (Phi) is 7.85. The highest BCUT2D eigenvalue weighted by Crippen LogP contribution is 2.30. The Morgan fingerprint density at radius 3 is 2.44 bits per heavy atom. The summed E-state index contributed by atoms with van der Waals surface area (Å²) in [7, 11) is 0. The zero-order valence-electron chi connectivity index (χ0n) is 21.0. The molecule has 1 atom stereocenters. The van der Waals surface area contributed by atoms with Crippen molar-refractivity contribution in [1.82, 2.24) is 24.6 Å². The van der Waals surface area contributed by atoms with Gasteiger partial charge in [0.15, 0.2) is 5.52 Å². The second-order valence-electron chi connectivity index (χ2n) is 9.31. The zero-order chi connectivity index (χ0) is 25.7. The van der Waals surface area contributed by atoms with Crippen molar-refractivity contribution in [2.24, 2.45) is 11.7 Å². The largest absolute Gasteiger partial charge is 0.330 e. The van der Waals surface area contributed by atoms with Crippen LogP contribution in [0.15, 0.2) is 71.7 Å². The van der Waals surface area contributed by atoms with Crippen LogP contribution in [0.2, 0.25) is 0 Å². The van der Waals surface area contributed by atoms with Crippen LogP contribution in [-0.4, -0.2) is 43.6 Å². The second-order valence-corrected chi connectivity index (χ2v) is 9.31. The van der Waals surface area contributed by atoms with Gasteiger partial charge in [0, 0.05) is 12.1 Å². The van der Waals surface area contributed by atoms with Crippen LogP contribution in [-0.2, 0) is 6.54 Å². The first-order valence-corrected chi connectivity index (χ1v) is 12.2. The highest BCUT2D eigenvalue weighted by Gasteiger charge is 2.32. The van der Waals surface area contributed by atoms with Gasteiger partial charge in [0.25, 0.3) is 11.5 Å². The van der Waals surface area contributed by atoms with Gasteiger partial charge in [-0.05, 0) is 49.6 Å². The maximum Gasteiger partial charge on any atom is 0.282 e. The zero-order valence-corrected chi connectivity index (χ0v) is 21.0. The fraction of sp³-hybridized carbons (Fsp3) is 0.321. The summed E-state index contributed by atoms with van der Waals surface area (Å²) < 4.78 is 1.63. The fourth-order valence-corrected chi connectivity index (χ4v) is 4.42. The highest BCUT2D eigenvalue weighted by atomic mass is 16.2. The summed E-state index contributed by atoms with van der Waals surface area (Å²) in [6.07, 6.45) is 2.15. The Morgan fingerprint density at radius 1 is 1.06 bits per heavy atom. The Hall–Kier alpha value is -3.91. The van der Waals surface area contributed by atoms with E-state index in [1.807, 2.05) is 80.3 Å². The van der Waals surface area contributed by atoms with Gasteiger partial charge in [-0.3, -0.25) is 14.2 Å². The van der Waals surface area contributed by atoms with E-state index >= 15 is 0 Å². The molecule has 0 aliphatic rings. The van der Waals surface area contributed by atoms with Gasteiger partial charge < -0.3 is 10.6 Å². The standard InChI is InChI=1S/C28H32N6O2/c1-19(2)25(33(17-7-15-29)27(35)22-12-10-20(3)11-13-22)26-31-23-14-16-30-32-24(23)28(36)34(26)18-21-8-5-4-6-9-21/h4-6,8-14,16,19,25H,7,15,17-18,29H2,1-3H3. The first-order valence-electron chi connectivity index (χ1n) is 12.2. The van der Waals surface area contributed by atoms with Crippen LogP contribution in [0.25, 0.3) is 11.0 Å². The molecule has 4 aromatic rings. The smallest absolute Gasteiger partial charge is 0.282 e. The predicted molar refractivity (Wildman–Crippen MR) is 141 cm³/mol. The van der Waals surface area contributed by atoms with Crippen LogP contribution < -0.4 is 11.3 Å². The number of rotatable bonds is 9. The van der Waals surface area contributed by atoms with Gasteiger partial charge >= 0.3 is 0 Å². The fourth-order valence-electron chi connectivity index (χ4n) is 4.42. The van der Waals surface area contributed by atoms with Crippen LogP contribution in [0.3, 0.4) is 0 Å². The summed E-state index contributed by atoms with van der Waals surface area (Å²) in [6.45, 7) is 7.26. The average Bonchev–Trinajstić information content (AvgIpc) is 2.89. The lowest BCUT2D eigenvalue weighted by molar-refractivity contribution is 0.0602. The lowest BCUT2D eigenvalue weighted by Gasteiger charge is -2.35. The monoisotopic (exact) mass is 484 g/mol. The number of carbonyl (C=O) groups excluding carboxylic acids is 1. The maximum atomic E-state index is 13.8. The average molecular weight is 485 g/mol. The van der Waals surface area contributed by atoms with Crippen molar-refractivity contribution in [2.75, 3.05) is 13.1 Å². The van der Waals surface area contributed by atoms with Crippen molar-refractivity contribution < 1.29 is 4.79 Å². The summed E-state index contributed by atoms with van der Waals surface area (Å²) in [5.41, 5.74) is 8.86.